The topological polar surface area (TPSA) is 70.5 Å². The van der Waals surface area contributed by atoms with Crippen LogP contribution in [0.15, 0.2) is 24.5 Å². The highest BCUT2D eigenvalue weighted by atomic mass is 19.4. The third kappa shape index (κ3) is 4.04. The highest BCUT2D eigenvalue weighted by Gasteiger charge is 2.42. The van der Waals surface area contributed by atoms with Gasteiger partial charge in [0, 0.05) is 18.9 Å². The molecule has 0 saturated carbocycles. The Morgan fingerprint density at radius 2 is 2.06 bits per heavy atom. The third-order valence-electron chi connectivity index (χ3n) is 1.95. The lowest BCUT2D eigenvalue weighted by Gasteiger charge is -2.21. The lowest BCUT2D eigenvalue weighted by molar-refractivity contribution is -0.187. The van der Waals surface area contributed by atoms with Gasteiger partial charge in [0.1, 0.15) is 6.54 Å². The number of hydrogen-bond donors (Lipinski definition) is 1. The molecule has 0 saturated heterocycles. The summed E-state index contributed by atoms with van der Waals surface area (Å²) in [5.74, 6) is -3.70. The number of aliphatic carboxylic acids is 1. The zero-order chi connectivity index (χ0) is 13.8. The summed E-state index contributed by atoms with van der Waals surface area (Å²) in [5, 5.41) is 8.50. The minimum absolute atomic E-state index is 0.208. The molecule has 1 amide bonds. The molecule has 0 aliphatic carbocycles. The molecule has 1 N–H and O–H groups in total. The number of hydrogen-bond acceptors (Lipinski definition) is 3. The monoisotopic (exact) mass is 262 g/mol. The number of alkyl halides is 3. The van der Waals surface area contributed by atoms with Crippen LogP contribution in [0.4, 0.5) is 13.2 Å². The SMILES string of the molecule is O=C(O)CN(Cc1cccnc1)C(=O)C(F)(F)F. The molecule has 0 aromatic carbocycles. The average molecular weight is 262 g/mol. The van der Waals surface area contributed by atoms with E-state index in [4.69, 9.17) is 5.11 Å². The normalized spacial score (nSPS) is 11.1. The molecular weight excluding hydrogens is 253 g/mol. The fourth-order valence-electron chi connectivity index (χ4n) is 1.25. The van der Waals surface area contributed by atoms with E-state index in [1.54, 1.807) is 0 Å². The van der Waals surface area contributed by atoms with Crippen LogP contribution in [-0.2, 0) is 16.1 Å². The maximum absolute atomic E-state index is 12.3. The van der Waals surface area contributed by atoms with Crippen molar-refractivity contribution in [2.45, 2.75) is 12.7 Å². The molecule has 0 aliphatic rings. The summed E-state index contributed by atoms with van der Waals surface area (Å²) in [5.41, 5.74) is 0.316. The van der Waals surface area contributed by atoms with Gasteiger partial charge in [0.05, 0.1) is 0 Å². The van der Waals surface area contributed by atoms with Crippen LogP contribution >= 0.6 is 0 Å². The number of carbonyl (C=O) groups is 2. The first-order valence-corrected chi connectivity index (χ1v) is 4.77. The highest BCUT2D eigenvalue weighted by molar-refractivity contribution is 5.85. The number of aromatic nitrogens is 1. The van der Waals surface area contributed by atoms with Gasteiger partial charge in [-0.2, -0.15) is 13.2 Å². The number of amides is 1. The number of carbonyl (C=O) groups excluding carboxylic acids is 1. The first-order valence-electron chi connectivity index (χ1n) is 4.77. The average Bonchev–Trinajstić information content (AvgIpc) is 2.26. The van der Waals surface area contributed by atoms with Crippen LogP contribution in [0, 0.1) is 0 Å². The number of pyridine rings is 1. The first-order chi connectivity index (χ1) is 8.30. The minimum Gasteiger partial charge on any atom is -0.480 e. The van der Waals surface area contributed by atoms with Crippen molar-refractivity contribution in [2.24, 2.45) is 0 Å². The Labute approximate surface area is 99.8 Å². The van der Waals surface area contributed by atoms with Crippen molar-refractivity contribution in [2.75, 3.05) is 6.54 Å². The van der Waals surface area contributed by atoms with E-state index in [0.29, 0.717) is 5.56 Å². The van der Waals surface area contributed by atoms with E-state index in [1.165, 1.54) is 24.5 Å². The highest BCUT2D eigenvalue weighted by Crippen LogP contribution is 2.19. The molecule has 0 spiro atoms. The summed E-state index contributed by atoms with van der Waals surface area (Å²) >= 11 is 0. The number of halogens is 3. The zero-order valence-corrected chi connectivity index (χ0v) is 9.02. The molecule has 8 heteroatoms. The van der Waals surface area contributed by atoms with Crippen molar-refractivity contribution in [3.63, 3.8) is 0 Å². The van der Waals surface area contributed by atoms with E-state index in [9.17, 15) is 22.8 Å². The second kappa shape index (κ2) is 5.48. The molecular formula is C10H9F3N2O3. The van der Waals surface area contributed by atoms with Gasteiger partial charge in [-0.1, -0.05) is 6.07 Å². The molecule has 1 heterocycles. The van der Waals surface area contributed by atoms with Gasteiger partial charge < -0.3 is 10.0 Å². The van der Waals surface area contributed by atoms with Gasteiger partial charge in [-0.3, -0.25) is 14.6 Å². The van der Waals surface area contributed by atoms with Gasteiger partial charge >= 0.3 is 18.1 Å². The van der Waals surface area contributed by atoms with E-state index >= 15 is 0 Å². The summed E-state index contributed by atoms with van der Waals surface area (Å²) in [6.07, 6.45) is -2.42. The van der Waals surface area contributed by atoms with E-state index in [0.717, 1.165) is 0 Å². The van der Waals surface area contributed by atoms with Crippen LogP contribution in [0.2, 0.25) is 0 Å². The van der Waals surface area contributed by atoms with E-state index in [2.05, 4.69) is 4.98 Å². The van der Waals surface area contributed by atoms with Crippen molar-refractivity contribution in [1.82, 2.24) is 9.88 Å². The summed E-state index contributed by atoms with van der Waals surface area (Å²) in [7, 11) is 0. The number of rotatable bonds is 4. The largest absolute Gasteiger partial charge is 0.480 e. The predicted molar refractivity (Wildman–Crippen MR) is 53.3 cm³/mol. The molecule has 1 aromatic rings. The van der Waals surface area contributed by atoms with Gasteiger partial charge in [-0.15, -0.1) is 0 Å². The maximum Gasteiger partial charge on any atom is 0.471 e. The van der Waals surface area contributed by atoms with E-state index < -0.39 is 31.1 Å². The second-order valence-electron chi connectivity index (χ2n) is 3.41. The summed E-state index contributed by atoms with van der Waals surface area (Å²) in [6, 6.07) is 2.93. The molecule has 1 rings (SSSR count). The smallest absolute Gasteiger partial charge is 0.471 e. The quantitative estimate of drug-likeness (QED) is 0.880. The van der Waals surface area contributed by atoms with Crippen molar-refractivity contribution in [3.8, 4) is 0 Å². The molecule has 0 radical (unpaired) electrons. The third-order valence-corrected chi connectivity index (χ3v) is 1.95. The summed E-state index contributed by atoms with van der Waals surface area (Å²) in [6.45, 7) is -1.48. The van der Waals surface area contributed by atoms with E-state index in [-0.39, 0.29) is 4.90 Å². The van der Waals surface area contributed by atoms with Crippen molar-refractivity contribution in [3.05, 3.63) is 30.1 Å². The number of carboxylic acid groups (broad SMARTS) is 1. The molecule has 5 nitrogen and oxygen atoms in total. The molecule has 98 valence electrons. The van der Waals surface area contributed by atoms with Crippen LogP contribution < -0.4 is 0 Å². The number of carboxylic acids is 1. The molecule has 0 fully saturated rings. The maximum atomic E-state index is 12.3. The first kappa shape index (κ1) is 13.9. The van der Waals surface area contributed by atoms with Crippen LogP contribution in [0.5, 0.6) is 0 Å². The minimum atomic E-state index is -5.10. The van der Waals surface area contributed by atoms with Crippen LogP contribution in [-0.4, -0.2) is 39.6 Å². The Morgan fingerprint density at radius 1 is 1.39 bits per heavy atom. The van der Waals surface area contributed by atoms with Crippen LogP contribution in [0.1, 0.15) is 5.56 Å². The van der Waals surface area contributed by atoms with Crippen molar-refractivity contribution < 1.29 is 27.9 Å². The standard InChI is InChI=1S/C10H9F3N2O3/c11-10(12,13)9(18)15(6-8(16)17)5-7-2-1-3-14-4-7/h1-4H,5-6H2,(H,16,17). The summed E-state index contributed by atoms with van der Waals surface area (Å²) < 4.78 is 36.8. The Morgan fingerprint density at radius 3 is 2.50 bits per heavy atom. The van der Waals surface area contributed by atoms with Gasteiger partial charge in [-0.25, -0.2) is 0 Å². The fourth-order valence-corrected chi connectivity index (χ4v) is 1.25. The number of nitrogens with zero attached hydrogens (tertiary/aromatic N) is 2. The molecule has 0 bridgehead atoms. The van der Waals surface area contributed by atoms with Crippen molar-refractivity contribution in [1.29, 1.82) is 0 Å². The fraction of sp³-hybridized carbons (Fsp3) is 0.300. The van der Waals surface area contributed by atoms with Crippen LogP contribution in [0.3, 0.4) is 0 Å². The molecule has 0 aliphatic heterocycles. The molecule has 0 atom stereocenters. The van der Waals surface area contributed by atoms with Gasteiger partial charge in [-0.05, 0) is 11.6 Å². The Bertz CT molecular complexity index is 434. The zero-order valence-electron chi connectivity index (χ0n) is 9.02. The van der Waals surface area contributed by atoms with Gasteiger partial charge in [0.2, 0.25) is 0 Å². The van der Waals surface area contributed by atoms with Gasteiger partial charge in [0.25, 0.3) is 0 Å². The molecule has 0 unspecified atom stereocenters. The molecule has 1 aromatic heterocycles. The second-order valence-corrected chi connectivity index (χ2v) is 3.41. The van der Waals surface area contributed by atoms with E-state index in [1.807, 2.05) is 0 Å². The lowest BCUT2D eigenvalue weighted by atomic mass is 10.2. The summed E-state index contributed by atoms with van der Waals surface area (Å²) in [4.78, 5) is 25.4. The Balaban J connectivity index is 2.86. The Kier molecular flexibility index (Phi) is 4.24. The predicted octanol–water partition coefficient (Wildman–Crippen LogP) is 1.06. The van der Waals surface area contributed by atoms with Crippen molar-refractivity contribution >= 4 is 11.9 Å². The molecule has 18 heavy (non-hydrogen) atoms. The van der Waals surface area contributed by atoms with Gasteiger partial charge in [0.15, 0.2) is 0 Å². The lowest BCUT2D eigenvalue weighted by Crippen LogP contribution is -2.43. The van der Waals surface area contributed by atoms with Crippen LogP contribution in [0.25, 0.3) is 0 Å². The Hall–Kier alpha value is -2.12.